The van der Waals surface area contributed by atoms with Crippen LogP contribution in [0.3, 0.4) is 0 Å². The van der Waals surface area contributed by atoms with Gasteiger partial charge in [-0.25, -0.2) is 32.2 Å². The maximum atomic E-state index is 15.2. The number of aromatic nitrogens is 3. The fraction of sp³-hybridized carbons (Fsp3) is 0.174. The van der Waals surface area contributed by atoms with Crippen LogP contribution >= 0.6 is 0 Å². The van der Waals surface area contributed by atoms with Gasteiger partial charge in [0.05, 0.1) is 29.0 Å². The number of nitrogens with one attached hydrogen (secondary N) is 2. The summed E-state index contributed by atoms with van der Waals surface area (Å²) in [4.78, 5) is 23.0. The van der Waals surface area contributed by atoms with Crippen molar-refractivity contribution >= 4 is 43.8 Å². The van der Waals surface area contributed by atoms with E-state index in [0.29, 0.717) is 28.5 Å². The van der Waals surface area contributed by atoms with Gasteiger partial charge in [-0.1, -0.05) is 13.0 Å². The van der Waals surface area contributed by atoms with Crippen molar-refractivity contribution in [2.75, 3.05) is 22.9 Å². The molecule has 4 rings (SSSR count). The van der Waals surface area contributed by atoms with Gasteiger partial charge in [-0.05, 0) is 36.2 Å². The highest BCUT2D eigenvalue weighted by Crippen LogP contribution is 2.34. The van der Waals surface area contributed by atoms with Crippen molar-refractivity contribution in [3.05, 3.63) is 70.7 Å². The summed E-state index contributed by atoms with van der Waals surface area (Å²) >= 11 is 0. The third-order valence-corrected chi connectivity index (χ3v) is 6.74. The van der Waals surface area contributed by atoms with E-state index >= 15 is 4.39 Å². The zero-order chi connectivity index (χ0) is 26.7. The lowest BCUT2D eigenvalue weighted by Crippen LogP contribution is -2.17. The second-order valence-corrected chi connectivity index (χ2v) is 9.64. The molecular formula is C23H20F2N6O5S. The molecule has 0 saturated heterocycles. The summed E-state index contributed by atoms with van der Waals surface area (Å²) < 4.78 is 61.0. The molecule has 2 N–H and O–H groups in total. The monoisotopic (exact) mass is 530 g/mol. The summed E-state index contributed by atoms with van der Waals surface area (Å²) in [7, 11) is -2.56. The average molecular weight is 531 g/mol. The molecular weight excluding hydrogens is 510 g/mol. The normalized spacial score (nSPS) is 11.4. The minimum absolute atomic E-state index is 0.0224. The van der Waals surface area contributed by atoms with E-state index in [1.165, 1.54) is 25.7 Å². The van der Waals surface area contributed by atoms with Crippen molar-refractivity contribution in [2.45, 2.75) is 13.3 Å². The molecule has 0 unspecified atom stereocenters. The van der Waals surface area contributed by atoms with Crippen LogP contribution in [-0.2, 0) is 10.0 Å². The molecule has 0 aliphatic rings. The largest absolute Gasteiger partial charge is 0.476 e. The first kappa shape index (κ1) is 25.6. The van der Waals surface area contributed by atoms with Crippen molar-refractivity contribution < 1.29 is 26.9 Å². The second kappa shape index (κ2) is 10.3. The standard InChI is InChI=1S/C23H20F2N6O5S/c1-3-8-37(34,35)30-18-7-5-16(24)21(20(18)25)29-22-15-9-13(4-6-17(15)27-12-28-22)14-10-19(31(32)33)23(36-2)26-11-14/h4-7,9-12,30H,3,8H2,1-2H3,(H,27,28,29). The number of sulfonamides is 1. The van der Waals surface area contributed by atoms with E-state index in [2.05, 4.69) is 25.0 Å². The molecule has 2 aromatic carbocycles. The van der Waals surface area contributed by atoms with Crippen LogP contribution in [0.1, 0.15) is 13.3 Å². The quantitative estimate of drug-likeness (QED) is 0.230. The molecule has 37 heavy (non-hydrogen) atoms. The predicted molar refractivity (Wildman–Crippen MR) is 133 cm³/mol. The SMILES string of the molecule is CCCS(=O)(=O)Nc1ccc(F)c(Nc2ncnc3ccc(-c4cnc(OC)c([N+](=O)[O-])c4)cc23)c1F. The minimum Gasteiger partial charge on any atom is -0.476 e. The third kappa shape index (κ3) is 5.38. The maximum Gasteiger partial charge on any atom is 0.331 e. The number of rotatable bonds is 9. The molecule has 0 saturated carbocycles. The van der Waals surface area contributed by atoms with Gasteiger partial charge in [0.2, 0.25) is 10.0 Å². The Bertz CT molecular complexity index is 1620. The molecule has 2 aromatic heterocycles. The third-order valence-electron chi connectivity index (χ3n) is 5.26. The number of benzene rings is 2. The molecule has 11 nitrogen and oxygen atoms in total. The van der Waals surface area contributed by atoms with Gasteiger partial charge in [-0.2, -0.15) is 0 Å². The van der Waals surface area contributed by atoms with Gasteiger partial charge >= 0.3 is 5.69 Å². The van der Waals surface area contributed by atoms with Gasteiger partial charge in [-0.3, -0.25) is 14.8 Å². The summed E-state index contributed by atoms with van der Waals surface area (Å²) in [5.74, 6) is -2.49. The Balaban J connectivity index is 1.77. The zero-order valence-electron chi connectivity index (χ0n) is 19.5. The van der Waals surface area contributed by atoms with E-state index in [4.69, 9.17) is 4.74 Å². The highest BCUT2D eigenvalue weighted by atomic mass is 32.2. The summed E-state index contributed by atoms with van der Waals surface area (Å²) in [5.41, 5.74) is -0.0940. The van der Waals surface area contributed by atoms with Crippen molar-refractivity contribution in [3.63, 3.8) is 0 Å². The smallest absolute Gasteiger partial charge is 0.331 e. The maximum absolute atomic E-state index is 15.2. The molecule has 0 radical (unpaired) electrons. The molecule has 4 aromatic rings. The van der Waals surface area contributed by atoms with E-state index in [1.54, 1.807) is 25.1 Å². The van der Waals surface area contributed by atoms with Crippen LogP contribution in [0.15, 0.2) is 48.9 Å². The van der Waals surface area contributed by atoms with Gasteiger partial charge in [0, 0.05) is 23.2 Å². The lowest BCUT2D eigenvalue weighted by atomic mass is 10.0. The van der Waals surface area contributed by atoms with E-state index in [-0.39, 0.29) is 23.1 Å². The first-order valence-corrected chi connectivity index (χ1v) is 12.5. The number of hydrogen-bond donors (Lipinski definition) is 2. The number of anilines is 3. The fourth-order valence-corrected chi connectivity index (χ4v) is 4.71. The summed E-state index contributed by atoms with van der Waals surface area (Å²) in [5, 5.41) is 14.3. The minimum atomic E-state index is -3.82. The number of nitrogens with zero attached hydrogens (tertiary/aromatic N) is 4. The zero-order valence-corrected chi connectivity index (χ0v) is 20.3. The first-order valence-electron chi connectivity index (χ1n) is 10.8. The van der Waals surface area contributed by atoms with Gasteiger partial charge in [0.15, 0.2) is 5.82 Å². The molecule has 0 amide bonds. The number of pyridine rings is 1. The Labute approximate surface area is 209 Å². The van der Waals surface area contributed by atoms with Crippen molar-refractivity contribution in [1.29, 1.82) is 0 Å². The van der Waals surface area contributed by atoms with Crippen molar-refractivity contribution in [2.24, 2.45) is 0 Å². The van der Waals surface area contributed by atoms with Gasteiger partial charge in [-0.15, -0.1) is 0 Å². The van der Waals surface area contributed by atoms with E-state index in [1.807, 2.05) is 0 Å². The topological polar surface area (TPSA) is 149 Å². The Morgan fingerprint density at radius 3 is 2.57 bits per heavy atom. The molecule has 2 heterocycles. The number of methoxy groups -OCH3 is 1. The number of ether oxygens (including phenoxy) is 1. The molecule has 0 aliphatic carbocycles. The average Bonchev–Trinajstić information content (AvgIpc) is 2.87. The van der Waals surface area contributed by atoms with Crippen molar-refractivity contribution in [3.8, 4) is 17.0 Å². The fourth-order valence-electron chi connectivity index (χ4n) is 3.57. The lowest BCUT2D eigenvalue weighted by Gasteiger charge is -2.14. The molecule has 0 fully saturated rings. The van der Waals surface area contributed by atoms with E-state index < -0.39 is 38.0 Å². The molecule has 0 atom stereocenters. The molecule has 14 heteroatoms. The van der Waals surface area contributed by atoms with Crippen molar-refractivity contribution in [1.82, 2.24) is 15.0 Å². The Morgan fingerprint density at radius 1 is 1.08 bits per heavy atom. The van der Waals surface area contributed by atoms with Crippen LogP contribution < -0.4 is 14.8 Å². The van der Waals surface area contributed by atoms with Crippen LogP contribution in [0.5, 0.6) is 5.88 Å². The van der Waals surface area contributed by atoms with Crippen LogP contribution in [0, 0.1) is 21.7 Å². The number of nitro groups is 1. The Hall–Kier alpha value is -4.46. The Morgan fingerprint density at radius 2 is 1.86 bits per heavy atom. The highest BCUT2D eigenvalue weighted by molar-refractivity contribution is 7.92. The lowest BCUT2D eigenvalue weighted by molar-refractivity contribution is -0.386. The second-order valence-electron chi connectivity index (χ2n) is 7.79. The predicted octanol–water partition coefficient (Wildman–Crippen LogP) is 4.78. The highest BCUT2D eigenvalue weighted by Gasteiger charge is 2.21. The van der Waals surface area contributed by atoms with E-state index in [0.717, 1.165) is 12.1 Å². The van der Waals surface area contributed by atoms with Crippen LogP contribution in [0.4, 0.5) is 31.7 Å². The number of hydrogen-bond acceptors (Lipinski definition) is 9. The van der Waals surface area contributed by atoms with Gasteiger partial charge < -0.3 is 10.1 Å². The van der Waals surface area contributed by atoms with E-state index in [9.17, 15) is 22.9 Å². The first-order chi connectivity index (χ1) is 17.6. The molecule has 192 valence electrons. The molecule has 0 aliphatic heterocycles. The molecule has 0 spiro atoms. The van der Waals surface area contributed by atoms with Gasteiger partial charge in [0.1, 0.15) is 23.6 Å². The molecule has 0 bridgehead atoms. The van der Waals surface area contributed by atoms with Crippen LogP contribution in [-0.4, -0.2) is 41.2 Å². The summed E-state index contributed by atoms with van der Waals surface area (Å²) in [6, 6.07) is 8.03. The Kier molecular flexibility index (Phi) is 7.11. The van der Waals surface area contributed by atoms with Crippen LogP contribution in [0.2, 0.25) is 0 Å². The van der Waals surface area contributed by atoms with Crippen LogP contribution in [0.25, 0.3) is 22.0 Å². The summed E-state index contributed by atoms with van der Waals surface area (Å²) in [6.07, 6.45) is 2.88. The number of halogens is 2. The summed E-state index contributed by atoms with van der Waals surface area (Å²) in [6.45, 7) is 1.65. The number of fused-ring (bicyclic) bond motifs is 1. The van der Waals surface area contributed by atoms with Gasteiger partial charge in [0.25, 0.3) is 5.88 Å².